The van der Waals surface area contributed by atoms with Gasteiger partial charge in [-0.25, -0.2) is 0 Å². The van der Waals surface area contributed by atoms with E-state index < -0.39 is 0 Å². The van der Waals surface area contributed by atoms with Crippen molar-refractivity contribution in [1.29, 1.82) is 0 Å². The van der Waals surface area contributed by atoms with Crippen LogP contribution in [0.15, 0.2) is 29.0 Å². The fraction of sp³-hybridized carbons (Fsp3) is 0. The maximum atomic E-state index is 5.35. The molecule has 0 atom stereocenters. The van der Waals surface area contributed by atoms with Gasteiger partial charge in [-0.15, -0.1) is 0 Å². The van der Waals surface area contributed by atoms with Crippen molar-refractivity contribution in [2.75, 3.05) is 5.73 Å². The zero-order valence-corrected chi connectivity index (χ0v) is 5.74. The van der Waals surface area contributed by atoms with Gasteiger partial charge in [-0.3, -0.25) is 0 Å². The Morgan fingerprint density at radius 2 is 2.45 bits per heavy atom. The highest BCUT2D eigenvalue weighted by Crippen LogP contribution is 2.18. The van der Waals surface area contributed by atoms with Crippen LogP contribution >= 0.6 is 0 Å². The van der Waals surface area contributed by atoms with Gasteiger partial charge in [0, 0.05) is 24.0 Å². The molecule has 0 aromatic carbocycles. The highest BCUT2D eigenvalue weighted by Gasteiger charge is 2.02. The number of nitrogens with two attached hydrogens (primary N) is 1. The summed E-state index contributed by atoms with van der Waals surface area (Å²) >= 11 is 0. The van der Waals surface area contributed by atoms with Crippen molar-refractivity contribution in [3.63, 3.8) is 0 Å². The molecular formula is C7H7N3O. The maximum Gasteiger partial charge on any atom is 0.222 e. The number of aromatic nitrogens is 2. The van der Waals surface area contributed by atoms with Crippen molar-refractivity contribution in [1.82, 2.24) is 10.1 Å². The SMILES string of the molecule is Nc1cc(-c2cc[nH]c2)no1. The zero-order chi connectivity index (χ0) is 7.68. The van der Waals surface area contributed by atoms with E-state index in [0.717, 1.165) is 11.3 Å². The minimum atomic E-state index is 0.334. The lowest BCUT2D eigenvalue weighted by Gasteiger charge is -1.81. The monoisotopic (exact) mass is 149 g/mol. The van der Waals surface area contributed by atoms with Gasteiger partial charge in [-0.1, -0.05) is 5.16 Å². The molecule has 0 aliphatic carbocycles. The van der Waals surface area contributed by atoms with Gasteiger partial charge in [-0.05, 0) is 6.07 Å². The van der Waals surface area contributed by atoms with Gasteiger partial charge in [0.1, 0.15) is 5.69 Å². The van der Waals surface area contributed by atoms with Crippen LogP contribution in [0, 0.1) is 0 Å². The molecule has 2 heterocycles. The lowest BCUT2D eigenvalue weighted by atomic mass is 10.2. The summed E-state index contributed by atoms with van der Waals surface area (Å²) in [5.41, 5.74) is 7.08. The summed E-state index contributed by atoms with van der Waals surface area (Å²) in [7, 11) is 0. The second-order valence-electron chi connectivity index (χ2n) is 2.21. The normalized spacial score (nSPS) is 10.2. The predicted octanol–water partition coefficient (Wildman–Crippen LogP) is 1.25. The van der Waals surface area contributed by atoms with Crippen molar-refractivity contribution in [2.45, 2.75) is 0 Å². The summed E-state index contributed by atoms with van der Waals surface area (Å²) in [5.74, 6) is 0.334. The number of anilines is 1. The smallest absolute Gasteiger partial charge is 0.222 e. The summed E-state index contributed by atoms with van der Waals surface area (Å²) in [4.78, 5) is 2.91. The van der Waals surface area contributed by atoms with Gasteiger partial charge in [0.05, 0.1) is 0 Å². The molecule has 0 aliphatic rings. The maximum absolute atomic E-state index is 5.35. The fourth-order valence-electron chi connectivity index (χ4n) is 0.909. The summed E-state index contributed by atoms with van der Waals surface area (Å²) in [6.07, 6.45) is 3.65. The van der Waals surface area contributed by atoms with Crippen LogP contribution in [0.4, 0.5) is 5.88 Å². The van der Waals surface area contributed by atoms with Crippen molar-refractivity contribution in [3.8, 4) is 11.3 Å². The van der Waals surface area contributed by atoms with E-state index in [0.29, 0.717) is 5.88 Å². The van der Waals surface area contributed by atoms with Crippen LogP contribution in [0.1, 0.15) is 0 Å². The molecule has 0 amide bonds. The van der Waals surface area contributed by atoms with E-state index in [1.807, 2.05) is 18.5 Å². The Bertz CT molecular complexity index is 336. The van der Waals surface area contributed by atoms with Crippen LogP contribution in [-0.2, 0) is 0 Å². The number of H-pyrrole nitrogens is 1. The van der Waals surface area contributed by atoms with Crippen molar-refractivity contribution in [3.05, 3.63) is 24.5 Å². The predicted molar refractivity (Wildman–Crippen MR) is 40.7 cm³/mol. The van der Waals surface area contributed by atoms with Crippen LogP contribution in [0.3, 0.4) is 0 Å². The topological polar surface area (TPSA) is 67.8 Å². The number of aromatic amines is 1. The third-order valence-electron chi connectivity index (χ3n) is 1.42. The Kier molecular flexibility index (Phi) is 1.18. The van der Waals surface area contributed by atoms with E-state index in [4.69, 9.17) is 10.3 Å². The number of nitrogens with zero attached hydrogens (tertiary/aromatic N) is 1. The average Bonchev–Trinajstić information content (AvgIpc) is 2.55. The summed E-state index contributed by atoms with van der Waals surface area (Å²) in [6.45, 7) is 0. The third-order valence-corrected chi connectivity index (χ3v) is 1.42. The molecule has 56 valence electrons. The van der Waals surface area contributed by atoms with E-state index >= 15 is 0 Å². The van der Waals surface area contributed by atoms with Crippen LogP contribution in [0.5, 0.6) is 0 Å². The molecule has 0 radical (unpaired) electrons. The number of rotatable bonds is 1. The molecule has 0 fully saturated rings. The Labute approximate surface area is 63.0 Å². The fourth-order valence-corrected chi connectivity index (χ4v) is 0.909. The summed E-state index contributed by atoms with van der Waals surface area (Å²) < 4.78 is 4.70. The minimum absolute atomic E-state index is 0.334. The standard InChI is InChI=1S/C7H7N3O/c8-7-3-6(10-11-7)5-1-2-9-4-5/h1-4,9H,8H2. The van der Waals surface area contributed by atoms with Crippen molar-refractivity contribution < 1.29 is 4.52 Å². The minimum Gasteiger partial charge on any atom is -0.368 e. The molecule has 0 saturated carbocycles. The van der Waals surface area contributed by atoms with Crippen molar-refractivity contribution in [2.24, 2.45) is 0 Å². The van der Waals surface area contributed by atoms with Crippen LogP contribution in [0.25, 0.3) is 11.3 Å². The summed E-state index contributed by atoms with van der Waals surface area (Å²) in [6, 6.07) is 3.58. The molecule has 0 bridgehead atoms. The van der Waals surface area contributed by atoms with Gasteiger partial charge in [0.2, 0.25) is 5.88 Å². The molecule has 2 aromatic rings. The van der Waals surface area contributed by atoms with Gasteiger partial charge < -0.3 is 15.2 Å². The first-order valence-corrected chi connectivity index (χ1v) is 3.21. The van der Waals surface area contributed by atoms with E-state index in [2.05, 4.69) is 10.1 Å². The number of hydrogen-bond acceptors (Lipinski definition) is 3. The highest BCUT2D eigenvalue weighted by molar-refractivity contribution is 5.59. The molecule has 4 heteroatoms. The Morgan fingerprint density at radius 1 is 1.55 bits per heavy atom. The largest absolute Gasteiger partial charge is 0.368 e. The average molecular weight is 149 g/mol. The first-order valence-electron chi connectivity index (χ1n) is 3.21. The molecule has 2 rings (SSSR count). The van der Waals surface area contributed by atoms with Crippen LogP contribution in [0.2, 0.25) is 0 Å². The van der Waals surface area contributed by atoms with Gasteiger partial charge >= 0.3 is 0 Å². The van der Waals surface area contributed by atoms with Crippen LogP contribution < -0.4 is 5.73 Å². The first-order chi connectivity index (χ1) is 5.36. The first kappa shape index (κ1) is 6.03. The number of hydrogen-bond donors (Lipinski definition) is 2. The third kappa shape index (κ3) is 0.980. The van der Waals surface area contributed by atoms with E-state index in [9.17, 15) is 0 Å². The lowest BCUT2D eigenvalue weighted by Crippen LogP contribution is -1.75. The number of nitrogen functional groups attached to an aromatic ring is 1. The second kappa shape index (κ2) is 2.16. The van der Waals surface area contributed by atoms with Gasteiger partial charge in [0.25, 0.3) is 0 Å². The molecular weight excluding hydrogens is 142 g/mol. The molecule has 0 spiro atoms. The molecule has 0 aliphatic heterocycles. The van der Waals surface area contributed by atoms with Gasteiger partial charge in [-0.2, -0.15) is 0 Å². The Hall–Kier alpha value is -1.71. The number of nitrogens with one attached hydrogen (secondary N) is 1. The lowest BCUT2D eigenvalue weighted by molar-refractivity contribution is 0.439. The molecule has 4 nitrogen and oxygen atoms in total. The molecule has 0 unspecified atom stereocenters. The molecule has 11 heavy (non-hydrogen) atoms. The quantitative estimate of drug-likeness (QED) is 0.641. The Morgan fingerprint density at radius 3 is 3.00 bits per heavy atom. The van der Waals surface area contributed by atoms with Crippen LogP contribution in [-0.4, -0.2) is 10.1 Å². The van der Waals surface area contributed by atoms with Crippen molar-refractivity contribution >= 4 is 5.88 Å². The highest BCUT2D eigenvalue weighted by atomic mass is 16.5. The molecule has 3 N–H and O–H groups in total. The van der Waals surface area contributed by atoms with E-state index in [1.54, 1.807) is 6.07 Å². The van der Waals surface area contributed by atoms with E-state index in [1.165, 1.54) is 0 Å². The zero-order valence-electron chi connectivity index (χ0n) is 5.74. The molecule has 0 saturated heterocycles. The Balaban J connectivity index is 2.45. The summed E-state index contributed by atoms with van der Waals surface area (Å²) in [5, 5.41) is 3.74. The molecule has 2 aromatic heterocycles. The van der Waals surface area contributed by atoms with Gasteiger partial charge in [0.15, 0.2) is 0 Å². The second-order valence-corrected chi connectivity index (χ2v) is 2.21. The van der Waals surface area contributed by atoms with E-state index in [-0.39, 0.29) is 0 Å².